The lowest BCUT2D eigenvalue weighted by Gasteiger charge is -2.41. The summed E-state index contributed by atoms with van der Waals surface area (Å²) in [5, 5.41) is 3.88. The van der Waals surface area contributed by atoms with Crippen molar-refractivity contribution < 1.29 is 4.74 Å². The molecule has 0 amide bonds. The van der Waals surface area contributed by atoms with E-state index in [1.807, 2.05) is 0 Å². The molecular formula is C16H30N2O. The third-order valence-corrected chi connectivity index (χ3v) is 5.22. The summed E-state index contributed by atoms with van der Waals surface area (Å²) in [5.41, 5.74) is 0.434. The SMILES string of the molecule is C1CCC2(CC1)CN(CC1CCCCO1)CCCN2. The Bertz CT molecular complexity index is 270. The molecule has 0 aromatic carbocycles. The summed E-state index contributed by atoms with van der Waals surface area (Å²) in [6.45, 7) is 5.88. The molecule has 0 aromatic rings. The molecule has 0 aromatic heterocycles. The Labute approximate surface area is 118 Å². The highest BCUT2D eigenvalue weighted by molar-refractivity contribution is 4.95. The van der Waals surface area contributed by atoms with E-state index in [-0.39, 0.29) is 0 Å². The zero-order valence-electron chi connectivity index (χ0n) is 12.3. The standard InChI is InChI=1S/C16H30N2O/c1-3-8-16(9-4-1)14-18(11-6-10-17-16)13-15-7-2-5-12-19-15/h15,17H,1-14H2. The van der Waals surface area contributed by atoms with Gasteiger partial charge in [0.2, 0.25) is 0 Å². The fourth-order valence-electron chi connectivity index (χ4n) is 4.18. The fraction of sp³-hybridized carbons (Fsp3) is 1.00. The molecule has 0 radical (unpaired) electrons. The molecule has 3 fully saturated rings. The minimum Gasteiger partial charge on any atom is -0.377 e. The van der Waals surface area contributed by atoms with Crippen molar-refractivity contribution >= 4 is 0 Å². The molecule has 3 nitrogen and oxygen atoms in total. The van der Waals surface area contributed by atoms with Gasteiger partial charge in [0.25, 0.3) is 0 Å². The Morgan fingerprint density at radius 2 is 1.95 bits per heavy atom. The van der Waals surface area contributed by atoms with Crippen molar-refractivity contribution in [1.82, 2.24) is 10.2 Å². The van der Waals surface area contributed by atoms with Crippen LogP contribution in [0.15, 0.2) is 0 Å². The van der Waals surface area contributed by atoms with Crippen LogP contribution < -0.4 is 5.32 Å². The molecule has 2 heterocycles. The molecule has 1 atom stereocenters. The minimum atomic E-state index is 0.434. The van der Waals surface area contributed by atoms with Gasteiger partial charge in [0.15, 0.2) is 0 Å². The summed E-state index contributed by atoms with van der Waals surface area (Å²) in [5.74, 6) is 0. The Hall–Kier alpha value is -0.120. The maximum absolute atomic E-state index is 5.94. The van der Waals surface area contributed by atoms with Crippen LogP contribution in [0, 0.1) is 0 Å². The second-order valence-electron chi connectivity index (χ2n) is 6.85. The number of ether oxygens (including phenoxy) is 1. The second-order valence-corrected chi connectivity index (χ2v) is 6.85. The van der Waals surface area contributed by atoms with Crippen LogP contribution in [0.4, 0.5) is 0 Å². The highest BCUT2D eigenvalue weighted by Crippen LogP contribution is 2.30. The first-order valence-corrected chi connectivity index (χ1v) is 8.45. The summed E-state index contributed by atoms with van der Waals surface area (Å²) in [6.07, 6.45) is 12.8. The average molecular weight is 266 g/mol. The highest BCUT2D eigenvalue weighted by atomic mass is 16.5. The van der Waals surface area contributed by atoms with Crippen LogP contribution in [0.5, 0.6) is 0 Å². The van der Waals surface area contributed by atoms with Crippen LogP contribution >= 0.6 is 0 Å². The Kier molecular flexibility index (Phi) is 4.78. The minimum absolute atomic E-state index is 0.434. The van der Waals surface area contributed by atoms with Gasteiger partial charge in [-0.2, -0.15) is 0 Å². The third kappa shape index (κ3) is 3.71. The molecule has 1 saturated carbocycles. The zero-order chi connectivity index (χ0) is 13.0. The number of nitrogens with zero attached hydrogens (tertiary/aromatic N) is 1. The van der Waals surface area contributed by atoms with E-state index in [1.165, 1.54) is 84.0 Å². The third-order valence-electron chi connectivity index (χ3n) is 5.22. The smallest absolute Gasteiger partial charge is 0.0702 e. The maximum atomic E-state index is 5.94. The Morgan fingerprint density at radius 3 is 2.74 bits per heavy atom. The predicted octanol–water partition coefficient (Wildman–Crippen LogP) is 2.55. The number of hydrogen-bond donors (Lipinski definition) is 1. The molecule has 3 aliphatic rings. The van der Waals surface area contributed by atoms with Gasteiger partial charge in [-0.05, 0) is 51.6 Å². The van der Waals surface area contributed by atoms with E-state index in [0.717, 1.165) is 6.61 Å². The van der Waals surface area contributed by atoms with Gasteiger partial charge >= 0.3 is 0 Å². The Balaban J connectivity index is 1.57. The molecule has 3 rings (SSSR count). The van der Waals surface area contributed by atoms with Gasteiger partial charge in [-0.15, -0.1) is 0 Å². The molecule has 2 aliphatic heterocycles. The topological polar surface area (TPSA) is 24.5 Å². The van der Waals surface area contributed by atoms with Gasteiger partial charge in [0, 0.05) is 25.2 Å². The lowest BCUT2D eigenvalue weighted by atomic mass is 9.81. The van der Waals surface area contributed by atoms with Crippen molar-refractivity contribution in [3.05, 3.63) is 0 Å². The van der Waals surface area contributed by atoms with E-state index in [0.29, 0.717) is 11.6 Å². The molecule has 3 heteroatoms. The van der Waals surface area contributed by atoms with Crippen molar-refractivity contribution in [2.24, 2.45) is 0 Å². The summed E-state index contributed by atoms with van der Waals surface area (Å²) < 4.78 is 5.94. The van der Waals surface area contributed by atoms with E-state index in [2.05, 4.69) is 10.2 Å². The molecule has 1 spiro atoms. The zero-order valence-corrected chi connectivity index (χ0v) is 12.3. The van der Waals surface area contributed by atoms with Crippen LogP contribution in [0.2, 0.25) is 0 Å². The molecule has 1 aliphatic carbocycles. The van der Waals surface area contributed by atoms with Crippen molar-refractivity contribution in [2.75, 3.05) is 32.8 Å². The monoisotopic (exact) mass is 266 g/mol. The fourth-order valence-corrected chi connectivity index (χ4v) is 4.18. The summed E-state index contributed by atoms with van der Waals surface area (Å²) in [7, 11) is 0. The van der Waals surface area contributed by atoms with Gasteiger partial charge < -0.3 is 10.1 Å². The van der Waals surface area contributed by atoms with E-state index in [4.69, 9.17) is 4.74 Å². The van der Waals surface area contributed by atoms with Gasteiger partial charge in [-0.3, -0.25) is 4.90 Å². The van der Waals surface area contributed by atoms with Gasteiger partial charge in [0.1, 0.15) is 0 Å². The van der Waals surface area contributed by atoms with Crippen LogP contribution in [0.1, 0.15) is 57.8 Å². The second kappa shape index (κ2) is 6.55. The van der Waals surface area contributed by atoms with E-state index in [9.17, 15) is 0 Å². The highest BCUT2D eigenvalue weighted by Gasteiger charge is 2.35. The largest absolute Gasteiger partial charge is 0.377 e. The van der Waals surface area contributed by atoms with Crippen LogP contribution in [0.3, 0.4) is 0 Å². The molecule has 2 saturated heterocycles. The van der Waals surface area contributed by atoms with Gasteiger partial charge in [0.05, 0.1) is 6.10 Å². The first kappa shape index (κ1) is 13.8. The van der Waals surface area contributed by atoms with Crippen molar-refractivity contribution in [2.45, 2.75) is 69.4 Å². The molecule has 110 valence electrons. The molecular weight excluding hydrogens is 236 g/mol. The number of rotatable bonds is 2. The lowest BCUT2D eigenvalue weighted by molar-refractivity contribution is -0.00963. The number of hydrogen-bond acceptors (Lipinski definition) is 3. The van der Waals surface area contributed by atoms with Gasteiger partial charge in [-0.25, -0.2) is 0 Å². The molecule has 1 unspecified atom stereocenters. The molecule has 1 N–H and O–H groups in total. The first-order valence-electron chi connectivity index (χ1n) is 8.45. The average Bonchev–Trinajstić information content (AvgIpc) is 2.63. The van der Waals surface area contributed by atoms with Gasteiger partial charge in [-0.1, -0.05) is 19.3 Å². The predicted molar refractivity (Wildman–Crippen MR) is 78.5 cm³/mol. The van der Waals surface area contributed by atoms with Crippen molar-refractivity contribution in [3.63, 3.8) is 0 Å². The summed E-state index contributed by atoms with van der Waals surface area (Å²) in [4.78, 5) is 2.70. The normalized spacial score (nSPS) is 33.2. The summed E-state index contributed by atoms with van der Waals surface area (Å²) >= 11 is 0. The number of nitrogens with one attached hydrogen (secondary N) is 1. The Morgan fingerprint density at radius 1 is 1.05 bits per heavy atom. The van der Waals surface area contributed by atoms with Crippen LogP contribution in [0.25, 0.3) is 0 Å². The molecule has 0 bridgehead atoms. The van der Waals surface area contributed by atoms with Crippen molar-refractivity contribution in [1.29, 1.82) is 0 Å². The van der Waals surface area contributed by atoms with Crippen molar-refractivity contribution in [3.8, 4) is 0 Å². The molecule has 19 heavy (non-hydrogen) atoms. The van der Waals surface area contributed by atoms with E-state index < -0.39 is 0 Å². The van der Waals surface area contributed by atoms with E-state index in [1.54, 1.807) is 0 Å². The maximum Gasteiger partial charge on any atom is 0.0702 e. The lowest BCUT2D eigenvalue weighted by Crippen LogP contribution is -2.53. The first-order chi connectivity index (χ1) is 9.36. The van der Waals surface area contributed by atoms with Crippen LogP contribution in [-0.4, -0.2) is 49.3 Å². The summed E-state index contributed by atoms with van der Waals surface area (Å²) in [6, 6.07) is 0. The van der Waals surface area contributed by atoms with Crippen LogP contribution in [-0.2, 0) is 4.74 Å². The van der Waals surface area contributed by atoms with E-state index >= 15 is 0 Å². The quantitative estimate of drug-likeness (QED) is 0.831.